The fraction of sp³-hybridized carbons (Fsp3) is 0.200. The average Bonchev–Trinajstić information content (AvgIpc) is 2.54. The van der Waals surface area contributed by atoms with Crippen LogP contribution in [0.25, 0.3) is 10.4 Å². The van der Waals surface area contributed by atoms with Gasteiger partial charge in [0.05, 0.1) is 0 Å². The number of hydrogen-bond acceptors (Lipinski definition) is 6. The van der Waals surface area contributed by atoms with Crippen LogP contribution in [0.4, 0.5) is 0 Å². The Kier molecular flexibility index (Phi) is 1.44. The minimum atomic E-state index is -1.50. The van der Waals surface area contributed by atoms with Crippen LogP contribution in [-0.2, 0) is 0 Å². The number of hydrogen-bond donors (Lipinski definition) is 1. The minimum Gasteiger partial charge on any atom is -0.297 e. The standard InChI is InChI=1S/C5H4N8/c6-5(12-13-7)3-4(9-1-8-3)10-2-11-5/h1-2H,6H2. The van der Waals surface area contributed by atoms with Gasteiger partial charge < -0.3 is 0 Å². The predicted octanol–water partition coefficient (Wildman–Crippen LogP) is -0.167. The van der Waals surface area contributed by atoms with Crippen molar-refractivity contribution >= 4 is 24.2 Å². The Morgan fingerprint density at radius 1 is 1.46 bits per heavy atom. The first-order valence-corrected chi connectivity index (χ1v) is 3.34. The molecule has 13 heavy (non-hydrogen) atoms. The maximum absolute atomic E-state index is 8.27. The lowest BCUT2D eigenvalue weighted by molar-refractivity contribution is 0.628. The molecule has 0 spiro atoms. The smallest absolute Gasteiger partial charge is 0.235 e. The largest absolute Gasteiger partial charge is 0.297 e. The van der Waals surface area contributed by atoms with E-state index in [1.165, 1.54) is 12.7 Å². The lowest BCUT2D eigenvalue weighted by Gasteiger charge is -2.20. The van der Waals surface area contributed by atoms with Gasteiger partial charge in [-0.15, -0.1) is 0 Å². The first-order valence-electron chi connectivity index (χ1n) is 3.34. The van der Waals surface area contributed by atoms with Crippen LogP contribution in [0.2, 0.25) is 0 Å². The van der Waals surface area contributed by atoms with Gasteiger partial charge in [0.2, 0.25) is 5.79 Å². The van der Waals surface area contributed by atoms with Gasteiger partial charge in [-0.2, -0.15) is 0 Å². The molecule has 0 aromatic heterocycles. The summed E-state index contributed by atoms with van der Waals surface area (Å²) in [4.78, 5) is 17.7. The molecule has 0 radical (unpaired) electrons. The molecule has 0 aliphatic carbocycles. The van der Waals surface area contributed by atoms with Gasteiger partial charge in [0, 0.05) is 4.91 Å². The second-order valence-corrected chi connectivity index (χ2v) is 2.34. The third-order valence-corrected chi connectivity index (χ3v) is 1.56. The Bertz CT molecular complexity index is 408. The summed E-state index contributed by atoms with van der Waals surface area (Å²) in [6.07, 6.45) is 2.49. The Morgan fingerprint density at radius 3 is 3.08 bits per heavy atom. The first kappa shape index (κ1) is 7.59. The molecular formula is C5H4N8. The molecule has 0 bridgehead atoms. The molecule has 2 aliphatic rings. The molecule has 2 heterocycles. The summed E-state index contributed by atoms with van der Waals surface area (Å²) in [7, 11) is 0. The summed E-state index contributed by atoms with van der Waals surface area (Å²) >= 11 is 0. The summed E-state index contributed by atoms with van der Waals surface area (Å²) < 4.78 is 0. The fourth-order valence-corrected chi connectivity index (χ4v) is 0.988. The van der Waals surface area contributed by atoms with Crippen LogP contribution in [0.3, 0.4) is 0 Å². The summed E-state index contributed by atoms with van der Waals surface area (Å²) in [6.45, 7) is 0. The first-order chi connectivity index (χ1) is 6.26. The monoisotopic (exact) mass is 176 g/mol. The second-order valence-electron chi connectivity index (χ2n) is 2.34. The highest BCUT2D eigenvalue weighted by atomic mass is 15.4. The van der Waals surface area contributed by atoms with Gasteiger partial charge in [-0.25, -0.2) is 20.0 Å². The van der Waals surface area contributed by atoms with Gasteiger partial charge in [0.15, 0.2) is 5.84 Å². The quantitative estimate of drug-likeness (QED) is 0.332. The topological polar surface area (TPSA) is 124 Å². The molecule has 64 valence electrons. The molecule has 1 unspecified atom stereocenters. The number of fused-ring (bicyclic) bond motifs is 1. The van der Waals surface area contributed by atoms with E-state index in [1.807, 2.05) is 0 Å². The van der Waals surface area contributed by atoms with Crippen LogP contribution in [0.5, 0.6) is 0 Å². The molecule has 2 aliphatic heterocycles. The molecule has 0 fully saturated rings. The normalized spacial score (nSPS) is 29.0. The van der Waals surface area contributed by atoms with E-state index in [0.29, 0.717) is 5.84 Å². The molecule has 0 saturated heterocycles. The van der Waals surface area contributed by atoms with Crippen molar-refractivity contribution in [1.82, 2.24) is 0 Å². The van der Waals surface area contributed by atoms with Crippen LogP contribution in [0.15, 0.2) is 25.1 Å². The summed E-state index contributed by atoms with van der Waals surface area (Å²) in [6, 6.07) is 0. The molecular weight excluding hydrogens is 172 g/mol. The maximum Gasteiger partial charge on any atom is 0.235 e. The van der Waals surface area contributed by atoms with Gasteiger partial charge in [0.1, 0.15) is 18.4 Å². The van der Waals surface area contributed by atoms with E-state index in [9.17, 15) is 0 Å². The highest BCUT2D eigenvalue weighted by molar-refractivity contribution is 6.50. The van der Waals surface area contributed by atoms with Gasteiger partial charge in [-0.05, 0) is 10.6 Å². The number of nitrogens with two attached hydrogens (primary N) is 1. The van der Waals surface area contributed by atoms with Crippen molar-refractivity contribution in [3.05, 3.63) is 10.4 Å². The van der Waals surface area contributed by atoms with Crippen molar-refractivity contribution in [1.29, 1.82) is 0 Å². The molecule has 8 heteroatoms. The number of nitrogens with zero attached hydrogens (tertiary/aromatic N) is 7. The van der Waals surface area contributed by atoms with E-state index >= 15 is 0 Å². The van der Waals surface area contributed by atoms with Crippen molar-refractivity contribution in [3.63, 3.8) is 0 Å². The Labute approximate surface area is 72.2 Å². The highest BCUT2D eigenvalue weighted by Gasteiger charge is 2.36. The van der Waals surface area contributed by atoms with E-state index in [1.54, 1.807) is 0 Å². The summed E-state index contributed by atoms with van der Waals surface area (Å²) in [5, 5.41) is 3.33. The van der Waals surface area contributed by atoms with Crippen LogP contribution in [-0.4, -0.2) is 30.0 Å². The molecule has 0 aromatic carbocycles. The third-order valence-electron chi connectivity index (χ3n) is 1.56. The predicted molar refractivity (Wildman–Crippen MR) is 47.9 cm³/mol. The highest BCUT2D eigenvalue weighted by Crippen LogP contribution is 2.16. The molecule has 1 atom stereocenters. The molecule has 8 nitrogen and oxygen atoms in total. The zero-order chi connectivity index (χ0) is 9.31. The minimum absolute atomic E-state index is 0.271. The van der Waals surface area contributed by atoms with E-state index in [4.69, 9.17) is 11.3 Å². The maximum atomic E-state index is 8.27. The number of azide groups is 1. The van der Waals surface area contributed by atoms with Crippen LogP contribution in [0.1, 0.15) is 0 Å². The van der Waals surface area contributed by atoms with Crippen LogP contribution < -0.4 is 5.73 Å². The van der Waals surface area contributed by atoms with Crippen LogP contribution >= 0.6 is 0 Å². The van der Waals surface area contributed by atoms with E-state index in [0.717, 1.165) is 0 Å². The zero-order valence-corrected chi connectivity index (χ0v) is 6.36. The van der Waals surface area contributed by atoms with Crippen molar-refractivity contribution in [2.75, 3.05) is 0 Å². The van der Waals surface area contributed by atoms with Crippen LogP contribution in [0, 0.1) is 0 Å². The van der Waals surface area contributed by atoms with Crippen molar-refractivity contribution in [2.45, 2.75) is 5.79 Å². The number of aliphatic imine (C=N–C) groups is 4. The molecule has 2 N–H and O–H groups in total. The molecule has 2 rings (SSSR count). The SMILES string of the molecule is [N-]=[N+]=NC1(N)N=CN=C2N=CN=C21. The number of amidine groups is 1. The Hall–Kier alpha value is -2.05. The van der Waals surface area contributed by atoms with E-state index in [2.05, 4.69) is 30.0 Å². The van der Waals surface area contributed by atoms with Crippen molar-refractivity contribution < 1.29 is 0 Å². The van der Waals surface area contributed by atoms with Crippen molar-refractivity contribution in [3.8, 4) is 0 Å². The number of rotatable bonds is 1. The van der Waals surface area contributed by atoms with Gasteiger partial charge in [-0.3, -0.25) is 5.73 Å². The van der Waals surface area contributed by atoms with Crippen molar-refractivity contribution in [2.24, 2.45) is 30.8 Å². The van der Waals surface area contributed by atoms with E-state index < -0.39 is 5.79 Å². The second kappa shape index (κ2) is 2.47. The van der Waals surface area contributed by atoms with E-state index in [-0.39, 0.29) is 5.71 Å². The summed E-state index contributed by atoms with van der Waals surface area (Å²) in [5.74, 6) is -1.16. The molecule has 0 saturated carbocycles. The lowest BCUT2D eigenvalue weighted by atomic mass is 10.2. The molecule has 0 amide bonds. The van der Waals surface area contributed by atoms with Gasteiger partial charge in [-0.1, -0.05) is 0 Å². The lowest BCUT2D eigenvalue weighted by Crippen LogP contribution is -2.48. The molecule has 0 aromatic rings. The third kappa shape index (κ3) is 1.01. The Balaban J connectivity index is 2.51. The summed E-state index contributed by atoms with van der Waals surface area (Å²) in [5.41, 5.74) is 14.2. The van der Waals surface area contributed by atoms with Gasteiger partial charge in [0.25, 0.3) is 0 Å². The zero-order valence-electron chi connectivity index (χ0n) is 6.36. The van der Waals surface area contributed by atoms with Gasteiger partial charge >= 0.3 is 0 Å². The fourth-order valence-electron chi connectivity index (χ4n) is 0.988. The Morgan fingerprint density at radius 2 is 2.31 bits per heavy atom. The average molecular weight is 176 g/mol.